The highest BCUT2D eigenvalue weighted by Crippen LogP contribution is 2.17. The van der Waals surface area contributed by atoms with Crippen molar-refractivity contribution >= 4 is 16.9 Å². The lowest BCUT2D eigenvalue weighted by atomic mass is 10.2. The zero-order valence-electron chi connectivity index (χ0n) is 11.2. The summed E-state index contributed by atoms with van der Waals surface area (Å²) in [5.74, 6) is 1.06. The quantitative estimate of drug-likeness (QED) is 0.763. The lowest BCUT2D eigenvalue weighted by Crippen LogP contribution is -2.04. The highest BCUT2D eigenvalue weighted by molar-refractivity contribution is 5.76. The maximum atomic E-state index is 9.26. The number of nitrogens with zero attached hydrogens (tertiary/aromatic N) is 2. The maximum absolute atomic E-state index is 9.26. The van der Waals surface area contributed by atoms with Gasteiger partial charge in [-0.25, -0.2) is 9.97 Å². The highest BCUT2D eigenvalue weighted by Gasteiger charge is 2.04. The van der Waals surface area contributed by atoms with E-state index >= 15 is 0 Å². The van der Waals surface area contributed by atoms with Crippen LogP contribution in [0.1, 0.15) is 11.3 Å². The van der Waals surface area contributed by atoms with Crippen molar-refractivity contribution in [3.63, 3.8) is 0 Å². The molecule has 0 saturated heterocycles. The molecule has 20 heavy (non-hydrogen) atoms. The fourth-order valence-corrected chi connectivity index (χ4v) is 2.06. The minimum absolute atomic E-state index is 0.274. The summed E-state index contributed by atoms with van der Waals surface area (Å²) < 4.78 is 0. The van der Waals surface area contributed by atoms with Crippen LogP contribution in [0.2, 0.25) is 0 Å². The second-order valence-corrected chi connectivity index (χ2v) is 4.67. The van der Waals surface area contributed by atoms with E-state index in [1.165, 1.54) is 0 Å². The molecule has 0 fully saturated rings. The van der Waals surface area contributed by atoms with Crippen molar-refractivity contribution in [3.05, 3.63) is 59.8 Å². The number of aromatic nitrogens is 2. The molecule has 1 aromatic heterocycles. The summed E-state index contributed by atoms with van der Waals surface area (Å²) >= 11 is 0. The largest absolute Gasteiger partial charge is 0.508 e. The molecule has 100 valence electrons. The van der Waals surface area contributed by atoms with Gasteiger partial charge in [0.15, 0.2) is 0 Å². The van der Waals surface area contributed by atoms with Crippen molar-refractivity contribution in [3.8, 4) is 5.75 Å². The first-order valence-corrected chi connectivity index (χ1v) is 6.47. The van der Waals surface area contributed by atoms with Crippen LogP contribution in [-0.4, -0.2) is 15.1 Å². The summed E-state index contributed by atoms with van der Waals surface area (Å²) in [6, 6.07) is 14.9. The van der Waals surface area contributed by atoms with Gasteiger partial charge in [0.25, 0.3) is 0 Å². The van der Waals surface area contributed by atoms with Gasteiger partial charge in [-0.05, 0) is 36.8 Å². The molecule has 0 bridgehead atoms. The summed E-state index contributed by atoms with van der Waals surface area (Å²) in [6.07, 6.45) is 0. The number of fused-ring (bicyclic) bond motifs is 1. The van der Waals surface area contributed by atoms with Crippen molar-refractivity contribution in [1.29, 1.82) is 0 Å². The van der Waals surface area contributed by atoms with E-state index in [1.54, 1.807) is 12.1 Å². The Kier molecular flexibility index (Phi) is 3.21. The smallest absolute Gasteiger partial charge is 0.148 e. The normalized spacial score (nSPS) is 10.7. The van der Waals surface area contributed by atoms with Crippen molar-refractivity contribution in [2.24, 2.45) is 0 Å². The second kappa shape index (κ2) is 5.17. The average Bonchev–Trinajstić information content (AvgIpc) is 2.47. The van der Waals surface area contributed by atoms with Crippen molar-refractivity contribution in [2.45, 2.75) is 13.5 Å². The molecule has 4 heteroatoms. The van der Waals surface area contributed by atoms with Gasteiger partial charge >= 0.3 is 0 Å². The van der Waals surface area contributed by atoms with E-state index in [0.717, 1.165) is 28.1 Å². The topological polar surface area (TPSA) is 58.0 Å². The fraction of sp³-hybridized carbons (Fsp3) is 0.125. The molecule has 3 aromatic rings. The first-order valence-electron chi connectivity index (χ1n) is 6.47. The Bertz CT molecular complexity index is 738. The molecule has 0 amide bonds. The number of aromatic hydroxyl groups is 1. The van der Waals surface area contributed by atoms with Gasteiger partial charge in [0.2, 0.25) is 0 Å². The predicted octanol–water partition coefficient (Wildman–Crippen LogP) is 3.26. The molecule has 0 aliphatic rings. The van der Waals surface area contributed by atoms with E-state index in [1.807, 2.05) is 43.3 Å². The fourth-order valence-electron chi connectivity index (χ4n) is 2.06. The molecule has 1 heterocycles. The van der Waals surface area contributed by atoms with Crippen LogP contribution in [0.3, 0.4) is 0 Å². The number of anilines is 1. The predicted molar refractivity (Wildman–Crippen MR) is 79.7 cm³/mol. The van der Waals surface area contributed by atoms with Gasteiger partial charge in [0.1, 0.15) is 11.6 Å². The molecule has 3 rings (SSSR count). The Morgan fingerprint density at radius 2 is 1.60 bits per heavy atom. The van der Waals surface area contributed by atoms with Crippen molar-refractivity contribution in [2.75, 3.05) is 5.32 Å². The summed E-state index contributed by atoms with van der Waals surface area (Å²) in [6.45, 7) is 2.59. The molecule has 0 aliphatic heterocycles. The number of phenolic OH excluding ortho intramolecular Hbond substituents is 1. The molecule has 0 aliphatic carbocycles. The number of aryl methyl sites for hydroxylation is 1. The monoisotopic (exact) mass is 265 g/mol. The molecule has 2 N–H and O–H groups in total. The zero-order valence-corrected chi connectivity index (χ0v) is 11.2. The van der Waals surface area contributed by atoms with Crippen LogP contribution in [-0.2, 0) is 6.54 Å². The Morgan fingerprint density at radius 1 is 0.950 bits per heavy atom. The minimum Gasteiger partial charge on any atom is -0.508 e. The molecule has 0 radical (unpaired) electrons. The Labute approximate surface area is 117 Å². The number of rotatable bonds is 3. The third kappa shape index (κ3) is 2.54. The van der Waals surface area contributed by atoms with E-state index < -0.39 is 0 Å². The summed E-state index contributed by atoms with van der Waals surface area (Å²) in [4.78, 5) is 9.12. The van der Waals surface area contributed by atoms with Crippen LogP contribution in [0.4, 0.5) is 5.82 Å². The van der Waals surface area contributed by atoms with Crippen LogP contribution in [0.25, 0.3) is 11.0 Å². The number of benzene rings is 2. The summed E-state index contributed by atoms with van der Waals surface area (Å²) in [5, 5.41) is 12.5. The lowest BCUT2D eigenvalue weighted by Gasteiger charge is -2.09. The van der Waals surface area contributed by atoms with Gasteiger partial charge in [0, 0.05) is 6.54 Å². The van der Waals surface area contributed by atoms with E-state index in [2.05, 4.69) is 15.3 Å². The molecule has 0 unspecified atom stereocenters. The molecule has 0 spiro atoms. The van der Waals surface area contributed by atoms with Crippen molar-refractivity contribution in [1.82, 2.24) is 9.97 Å². The molecule has 0 atom stereocenters. The van der Waals surface area contributed by atoms with Gasteiger partial charge in [-0.15, -0.1) is 0 Å². The number of nitrogens with one attached hydrogen (secondary N) is 1. The lowest BCUT2D eigenvalue weighted by molar-refractivity contribution is 0.475. The Hall–Kier alpha value is -2.62. The van der Waals surface area contributed by atoms with E-state index in [9.17, 15) is 5.11 Å². The van der Waals surface area contributed by atoms with E-state index in [-0.39, 0.29) is 5.75 Å². The van der Waals surface area contributed by atoms with Gasteiger partial charge in [-0.1, -0.05) is 24.3 Å². The summed E-state index contributed by atoms with van der Waals surface area (Å²) in [7, 11) is 0. The van der Waals surface area contributed by atoms with E-state index in [0.29, 0.717) is 6.54 Å². The number of hydrogen-bond donors (Lipinski definition) is 2. The van der Waals surface area contributed by atoms with Gasteiger partial charge in [-0.3, -0.25) is 0 Å². The minimum atomic E-state index is 0.274. The van der Waals surface area contributed by atoms with Crippen LogP contribution in [0.15, 0.2) is 48.5 Å². The SMILES string of the molecule is Cc1nc2ccccc2nc1NCc1ccc(O)cc1. The van der Waals surface area contributed by atoms with Gasteiger partial charge in [-0.2, -0.15) is 0 Å². The standard InChI is InChI=1S/C16H15N3O/c1-11-16(17-10-12-6-8-13(20)9-7-12)19-15-5-3-2-4-14(15)18-11/h2-9,20H,10H2,1H3,(H,17,19). The molecular formula is C16H15N3O. The van der Waals surface area contributed by atoms with Crippen LogP contribution in [0, 0.1) is 6.92 Å². The third-order valence-electron chi connectivity index (χ3n) is 3.14. The van der Waals surface area contributed by atoms with Crippen LogP contribution < -0.4 is 5.32 Å². The molecule has 4 nitrogen and oxygen atoms in total. The van der Waals surface area contributed by atoms with Gasteiger partial charge < -0.3 is 10.4 Å². The van der Waals surface area contributed by atoms with Crippen LogP contribution in [0.5, 0.6) is 5.75 Å². The Balaban J connectivity index is 1.83. The first-order chi connectivity index (χ1) is 9.72. The first kappa shape index (κ1) is 12.4. The molecule has 0 saturated carbocycles. The van der Waals surface area contributed by atoms with Crippen molar-refractivity contribution < 1.29 is 5.11 Å². The molecular weight excluding hydrogens is 250 g/mol. The highest BCUT2D eigenvalue weighted by atomic mass is 16.3. The zero-order chi connectivity index (χ0) is 13.9. The second-order valence-electron chi connectivity index (χ2n) is 4.67. The molecule has 2 aromatic carbocycles. The van der Waals surface area contributed by atoms with E-state index in [4.69, 9.17) is 0 Å². The Morgan fingerprint density at radius 3 is 2.30 bits per heavy atom. The van der Waals surface area contributed by atoms with Crippen LogP contribution >= 0.6 is 0 Å². The number of hydrogen-bond acceptors (Lipinski definition) is 4. The number of para-hydroxylation sites is 2. The average molecular weight is 265 g/mol. The number of phenols is 1. The summed E-state index contributed by atoms with van der Waals surface area (Å²) in [5.41, 5.74) is 3.74. The maximum Gasteiger partial charge on any atom is 0.148 e. The third-order valence-corrected chi connectivity index (χ3v) is 3.14. The van der Waals surface area contributed by atoms with Gasteiger partial charge in [0.05, 0.1) is 16.7 Å².